The van der Waals surface area contributed by atoms with E-state index in [0.29, 0.717) is 5.69 Å². The molecule has 21 heavy (non-hydrogen) atoms. The second kappa shape index (κ2) is 5.42. The molecular formula is C12H11ClN2O3S3. The van der Waals surface area contributed by atoms with Gasteiger partial charge in [-0.15, -0.1) is 11.3 Å². The van der Waals surface area contributed by atoms with Crippen LogP contribution in [0.4, 0.5) is 5.69 Å². The smallest absolute Gasteiger partial charge is 0.237 e. The number of anilines is 1. The number of aromatic nitrogens is 1. The summed E-state index contributed by atoms with van der Waals surface area (Å²) in [4.78, 5) is 17.9. The van der Waals surface area contributed by atoms with Gasteiger partial charge in [-0.25, -0.2) is 13.4 Å². The van der Waals surface area contributed by atoms with Crippen LogP contribution in [-0.4, -0.2) is 37.4 Å². The van der Waals surface area contributed by atoms with Gasteiger partial charge in [0.15, 0.2) is 4.34 Å². The van der Waals surface area contributed by atoms with Crippen molar-refractivity contribution in [3.8, 4) is 0 Å². The maximum Gasteiger partial charge on any atom is 0.237 e. The first kappa shape index (κ1) is 15.1. The molecule has 1 aliphatic heterocycles. The SMILES string of the molecule is CSc1nc2ccc(N3CC(S(=O)(=O)Cl)CC3=O)cc2s1. The minimum absolute atomic E-state index is 0.0668. The van der Waals surface area contributed by atoms with Gasteiger partial charge in [0.2, 0.25) is 15.0 Å². The van der Waals surface area contributed by atoms with Gasteiger partial charge in [-0.1, -0.05) is 11.8 Å². The Bertz CT molecular complexity index is 818. The topological polar surface area (TPSA) is 67.3 Å². The fraction of sp³-hybridized carbons (Fsp3) is 0.333. The van der Waals surface area contributed by atoms with Crippen LogP contribution in [0.1, 0.15) is 6.42 Å². The molecule has 1 fully saturated rings. The molecular weight excluding hydrogens is 352 g/mol. The molecule has 1 amide bonds. The van der Waals surface area contributed by atoms with Crippen LogP contribution >= 0.6 is 33.8 Å². The summed E-state index contributed by atoms with van der Waals surface area (Å²) in [6.07, 6.45) is 1.89. The number of carbonyl (C=O) groups is 1. The average molecular weight is 363 g/mol. The molecule has 5 nitrogen and oxygen atoms in total. The Morgan fingerprint density at radius 3 is 2.86 bits per heavy atom. The molecule has 2 aromatic rings. The number of halogens is 1. The molecule has 0 N–H and O–H groups in total. The zero-order valence-corrected chi connectivity index (χ0v) is 14.2. The molecule has 1 atom stereocenters. The number of hydrogen-bond donors (Lipinski definition) is 0. The van der Waals surface area contributed by atoms with Gasteiger partial charge in [0.05, 0.1) is 10.2 Å². The molecule has 3 rings (SSSR count). The maximum absolute atomic E-state index is 12.0. The number of fused-ring (bicyclic) bond motifs is 1. The molecule has 1 saturated heterocycles. The Hall–Kier alpha value is -0.830. The molecule has 9 heteroatoms. The summed E-state index contributed by atoms with van der Waals surface area (Å²) < 4.78 is 24.7. The third-order valence-corrected chi connectivity index (χ3v) is 7.20. The summed E-state index contributed by atoms with van der Waals surface area (Å²) in [5.41, 5.74) is 1.56. The summed E-state index contributed by atoms with van der Waals surface area (Å²) >= 11 is 3.11. The highest BCUT2D eigenvalue weighted by molar-refractivity contribution is 8.14. The van der Waals surface area contributed by atoms with Crippen molar-refractivity contribution in [2.24, 2.45) is 0 Å². The number of hydrogen-bond acceptors (Lipinski definition) is 6. The van der Waals surface area contributed by atoms with Crippen molar-refractivity contribution < 1.29 is 13.2 Å². The predicted octanol–water partition coefficient (Wildman–Crippen LogP) is 2.69. The van der Waals surface area contributed by atoms with Crippen molar-refractivity contribution in [3.05, 3.63) is 18.2 Å². The van der Waals surface area contributed by atoms with Gasteiger partial charge in [-0.2, -0.15) is 0 Å². The highest BCUT2D eigenvalue weighted by atomic mass is 35.7. The van der Waals surface area contributed by atoms with E-state index in [-0.39, 0.29) is 18.9 Å². The maximum atomic E-state index is 12.0. The molecule has 0 saturated carbocycles. The Balaban J connectivity index is 1.95. The molecule has 1 aromatic heterocycles. The molecule has 0 radical (unpaired) electrons. The van der Waals surface area contributed by atoms with Crippen molar-refractivity contribution in [1.29, 1.82) is 0 Å². The van der Waals surface area contributed by atoms with Gasteiger partial charge in [0.1, 0.15) is 5.25 Å². The fourth-order valence-corrected chi connectivity index (χ4v) is 4.81. The number of amides is 1. The van der Waals surface area contributed by atoms with Crippen LogP contribution in [0.3, 0.4) is 0 Å². The Labute approximate surface area is 134 Å². The molecule has 1 aliphatic rings. The lowest BCUT2D eigenvalue weighted by atomic mass is 10.3. The summed E-state index contributed by atoms with van der Waals surface area (Å²) in [6, 6.07) is 5.50. The zero-order chi connectivity index (χ0) is 15.2. The summed E-state index contributed by atoms with van der Waals surface area (Å²) in [6.45, 7) is 0.102. The van der Waals surface area contributed by atoms with Crippen molar-refractivity contribution in [1.82, 2.24) is 4.98 Å². The normalized spacial score (nSPS) is 19.6. The lowest BCUT2D eigenvalue weighted by molar-refractivity contribution is -0.117. The van der Waals surface area contributed by atoms with E-state index in [2.05, 4.69) is 4.98 Å². The van der Waals surface area contributed by atoms with E-state index >= 15 is 0 Å². The van der Waals surface area contributed by atoms with Crippen molar-refractivity contribution in [3.63, 3.8) is 0 Å². The molecule has 0 spiro atoms. The molecule has 112 valence electrons. The van der Waals surface area contributed by atoms with Gasteiger partial charge in [-0.3, -0.25) is 4.79 Å². The first-order chi connectivity index (χ1) is 9.88. The van der Waals surface area contributed by atoms with Crippen molar-refractivity contribution >= 4 is 64.6 Å². The Morgan fingerprint density at radius 1 is 1.48 bits per heavy atom. The summed E-state index contributed by atoms with van der Waals surface area (Å²) in [5.74, 6) is -0.224. The highest BCUT2D eigenvalue weighted by Gasteiger charge is 2.38. The van der Waals surface area contributed by atoms with Crippen LogP contribution in [0.25, 0.3) is 10.2 Å². The number of benzene rings is 1. The highest BCUT2D eigenvalue weighted by Crippen LogP contribution is 2.33. The first-order valence-corrected chi connectivity index (χ1v) is 10.5. The minimum atomic E-state index is -3.72. The summed E-state index contributed by atoms with van der Waals surface area (Å²) in [7, 11) is 1.64. The fourth-order valence-electron chi connectivity index (χ4n) is 2.26. The van der Waals surface area contributed by atoms with Gasteiger partial charge < -0.3 is 4.90 Å². The predicted molar refractivity (Wildman–Crippen MR) is 86.9 cm³/mol. The molecule has 0 bridgehead atoms. The second-order valence-corrected chi connectivity index (χ2v) is 9.63. The van der Waals surface area contributed by atoms with E-state index in [9.17, 15) is 13.2 Å². The number of thioether (sulfide) groups is 1. The largest absolute Gasteiger partial charge is 0.311 e. The standard InChI is InChI=1S/C12H11ClN2O3S3/c1-19-12-14-9-3-2-7(4-10(9)20-12)15-6-8(5-11(15)16)21(13,17)18/h2-4,8H,5-6H2,1H3. The first-order valence-electron chi connectivity index (χ1n) is 6.07. The van der Waals surface area contributed by atoms with Crippen LogP contribution in [0, 0.1) is 0 Å². The molecule has 1 aromatic carbocycles. The number of nitrogens with zero attached hydrogens (tertiary/aromatic N) is 2. The van der Waals surface area contributed by atoms with E-state index in [1.54, 1.807) is 29.2 Å². The van der Waals surface area contributed by atoms with Gasteiger partial charge in [-0.05, 0) is 24.5 Å². The van der Waals surface area contributed by atoms with E-state index < -0.39 is 14.3 Å². The number of thiazole rings is 1. The molecule has 2 heterocycles. The van der Waals surface area contributed by atoms with Crippen LogP contribution in [0.2, 0.25) is 0 Å². The quantitative estimate of drug-likeness (QED) is 0.620. The minimum Gasteiger partial charge on any atom is -0.311 e. The van der Waals surface area contributed by atoms with Crippen LogP contribution in [0.15, 0.2) is 22.5 Å². The van der Waals surface area contributed by atoms with E-state index in [1.165, 1.54) is 4.90 Å². The van der Waals surface area contributed by atoms with Crippen LogP contribution in [-0.2, 0) is 13.8 Å². The molecule has 0 aliphatic carbocycles. The van der Waals surface area contributed by atoms with Crippen LogP contribution < -0.4 is 4.90 Å². The zero-order valence-electron chi connectivity index (χ0n) is 10.9. The third kappa shape index (κ3) is 2.90. The van der Waals surface area contributed by atoms with Crippen molar-refractivity contribution in [2.45, 2.75) is 16.0 Å². The number of rotatable bonds is 3. The van der Waals surface area contributed by atoms with Crippen molar-refractivity contribution in [2.75, 3.05) is 17.7 Å². The number of carbonyl (C=O) groups excluding carboxylic acids is 1. The Kier molecular flexibility index (Phi) is 3.89. The van der Waals surface area contributed by atoms with Gasteiger partial charge >= 0.3 is 0 Å². The van der Waals surface area contributed by atoms with Gasteiger partial charge in [0.25, 0.3) is 0 Å². The van der Waals surface area contributed by atoms with E-state index in [1.807, 2.05) is 18.4 Å². The third-order valence-electron chi connectivity index (χ3n) is 3.33. The van der Waals surface area contributed by atoms with Crippen LogP contribution in [0.5, 0.6) is 0 Å². The lowest BCUT2D eigenvalue weighted by Crippen LogP contribution is -2.26. The lowest BCUT2D eigenvalue weighted by Gasteiger charge is -2.16. The van der Waals surface area contributed by atoms with E-state index in [4.69, 9.17) is 10.7 Å². The average Bonchev–Trinajstić information content (AvgIpc) is 3.00. The van der Waals surface area contributed by atoms with E-state index in [0.717, 1.165) is 14.6 Å². The monoisotopic (exact) mass is 362 g/mol. The summed E-state index contributed by atoms with van der Waals surface area (Å²) in [5, 5.41) is -0.842. The second-order valence-electron chi connectivity index (χ2n) is 4.64. The van der Waals surface area contributed by atoms with Gasteiger partial charge in [0, 0.05) is 29.3 Å². The Morgan fingerprint density at radius 2 is 2.24 bits per heavy atom. The molecule has 1 unspecified atom stereocenters.